The number of halogens is 1. The van der Waals surface area contributed by atoms with Gasteiger partial charge in [0.05, 0.1) is 5.25 Å². The number of hydrogen-bond acceptors (Lipinski definition) is 6. The molecule has 1 aromatic heterocycles. The lowest BCUT2D eigenvalue weighted by atomic mass is 10.1. The van der Waals surface area contributed by atoms with Gasteiger partial charge in [0.1, 0.15) is 5.82 Å². The zero-order valence-electron chi connectivity index (χ0n) is 14.9. The number of carbonyl (C=O) groups excluding carboxylic acids is 1. The van der Waals surface area contributed by atoms with Gasteiger partial charge in [0.15, 0.2) is 4.34 Å². The summed E-state index contributed by atoms with van der Waals surface area (Å²) in [5, 5.41) is 14.5. The Morgan fingerprint density at radius 1 is 1.11 bits per heavy atom. The minimum absolute atomic E-state index is 0.175. The Bertz CT molecular complexity index is 897. The smallest absolute Gasteiger partial charge is 0.237 e. The second kappa shape index (κ2) is 8.96. The molecular formula is C19H19FN4OS2. The third-order valence-electron chi connectivity index (χ3n) is 3.78. The number of thioether (sulfide) groups is 1. The molecule has 0 saturated heterocycles. The van der Waals surface area contributed by atoms with Crippen molar-refractivity contribution in [2.45, 2.75) is 29.9 Å². The van der Waals surface area contributed by atoms with E-state index in [1.54, 1.807) is 6.92 Å². The molecule has 5 nitrogen and oxygen atoms in total. The molecule has 1 atom stereocenters. The van der Waals surface area contributed by atoms with Gasteiger partial charge in [-0.1, -0.05) is 42.2 Å². The van der Waals surface area contributed by atoms with E-state index in [1.165, 1.54) is 52.9 Å². The van der Waals surface area contributed by atoms with E-state index in [-0.39, 0.29) is 17.0 Å². The molecular weight excluding hydrogens is 383 g/mol. The maximum Gasteiger partial charge on any atom is 0.237 e. The molecule has 8 heteroatoms. The number of carbonyl (C=O) groups is 1. The summed E-state index contributed by atoms with van der Waals surface area (Å²) < 4.78 is 13.6. The summed E-state index contributed by atoms with van der Waals surface area (Å²) in [4.78, 5) is 12.3. The quantitative estimate of drug-likeness (QED) is 0.538. The summed E-state index contributed by atoms with van der Waals surface area (Å²) in [7, 11) is 0. The number of nitrogens with one attached hydrogen (secondary N) is 2. The topological polar surface area (TPSA) is 66.9 Å². The first-order valence-corrected chi connectivity index (χ1v) is 10.2. The summed E-state index contributed by atoms with van der Waals surface area (Å²) >= 11 is 2.72. The summed E-state index contributed by atoms with van der Waals surface area (Å²) in [6.07, 6.45) is 0.998. The van der Waals surface area contributed by atoms with Gasteiger partial charge in [-0.05, 0) is 55.3 Å². The van der Waals surface area contributed by atoms with Gasteiger partial charge in [-0.2, -0.15) is 0 Å². The number of rotatable bonds is 7. The molecule has 140 valence electrons. The van der Waals surface area contributed by atoms with E-state index in [4.69, 9.17) is 0 Å². The Morgan fingerprint density at radius 3 is 2.44 bits per heavy atom. The molecule has 2 N–H and O–H groups in total. The lowest BCUT2D eigenvalue weighted by molar-refractivity contribution is -0.115. The van der Waals surface area contributed by atoms with E-state index < -0.39 is 0 Å². The molecule has 0 saturated carbocycles. The highest BCUT2D eigenvalue weighted by Gasteiger charge is 2.17. The van der Waals surface area contributed by atoms with E-state index in [0.717, 1.165) is 12.1 Å². The Kier molecular flexibility index (Phi) is 6.41. The van der Waals surface area contributed by atoms with Crippen LogP contribution in [0.2, 0.25) is 0 Å². The van der Waals surface area contributed by atoms with Crippen molar-refractivity contribution in [3.05, 3.63) is 59.9 Å². The molecule has 3 aromatic rings. The van der Waals surface area contributed by atoms with Crippen molar-refractivity contribution in [2.24, 2.45) is 0 Å². The van der Waals surface area contributed by atoms with Crippen LogP contribution in [-0.4, -0.2) is 21.4 Å². The fourth-order valence-electron chi connectivity index (χ4n) is 2.24. The lowest BCUT2D eigenvalue weighted by Crippen LogP contribution is -2.22. The molecule has 2 aromatic carbocycles. The van der Waals surface area contributed by atoms with Gasteiger partial charge in [0.25, 0.3) is 0 Å². The number of hydrogen-bond donors (Lipinski definition) is 2. The first-order valence-electron chi connectivity index (χ1n) is 8.46. The van der Waals surface area contributed by atoms with Crippen LogP contribution in [0.15, 0.2) is 52.9 Å². The first-order chi connectivity index (χ1) is 13.0. The molecule has 1 heterocycles. The average molecular weight is 403 g/mol. The van der Waals surface area contributed by atoms with Crippen LogP contribution in [0, 0.1) is 5.82 Å². The zero-order chi connectivity index (χ0) is 19.2. The van der Waals surface area contributed by atoms with Crippen LogP contribution in [0.4, 0.5) is 20.9 Å². The van der Waals surface area contributed by atoms with Crippen molar-refractivity contribution in [2.75, 3.05) is 10.6 Å². The highest BCUT2D eigenvalue weighted by Crippen LogP contribution is 2.31. The molecule has 3 rings (SSSR count). The molecule has 0 unspecified atom stereocenters. The number of aryl methyl sites for hydroxylation is 1. The number of aromatic nitrogens is 2. The average Bonchev–Trinajstić information content (AvgIpc) is 3.11. The van der Waals surface area contributed by atoms with E-state index >= 15 is 0 Å². The Labute approximate surface area is 165 Å². The standard InChI is InChI=1S/C19H19FN4OS2/c1-3-13-4-8-16(9-5-13)22-18-23-24-19(27-18)26-12(2)17(25)21-15-10-6-14(20)7-11-15/h4-12H,3H2,1-2H3,(H,21,25)(H,22,23)/t12-/m1/s1. The minimum Gasteiger partial charge on any atom is -0.330 e. The normalized spacial score (nSPS) is 11.8. The van der Waals surface area contributed by atoms with Crippen LogP contribution in [-0.2, 0) is 11.2 Å². The zero-order valence-corrected chi connectivity index (χ0v) is 16.5. The van der Waals surface area contributed by atoms with Crippen molar-refractivity contribution in [1.82, 2.24) is 10.2 Å². The van der Waals surface area contributed by atoms with Crippen LogP contribution >= 0.6 is 23.1 Å². The van der Waals surface area contributed by atoms with Crippen molar-refractivity contribution >= 4 is 45.5 Å². The Balaban J connectivity index is 1.55. The lowest BCUT2D eigenvalue weighted by Gasteiger charge is -2.10. The monoisotopic (exact) mass is 402 g/mol. The minimum atomic E-state index is -0.361. The first kappa shape index (κ1) is 19.3. The van der Waals surface area contributed by atoms with Gasteiger partial charge in [-0.25, -0.2) is 4.39 Å². The maximum atomic E-state index is 12.9. The molecule has 0 aliphatic carbocycles. The second-order valence-electron chi connectivity index (χ2n) is 5.80. The summed E-state index contributed by atoms with van der Waals surface area (Å²) in [6.45, 7) is 3.91. The number of anilines is 3. The highest BCUT2D eigenvalue weighted by molar-refractivity contribution is 8.02. The third kappa shape index (κ3) is 5.51. The Morgan fingerprint density at radius 2 is 1.78 bits per heavy atom. The van der Waals surface area contributed by atoms with Gasteiger partial charge in [0.2, 0.25) is 11.0 Å². The number of benzene rings is 2. The summed E-state index contributed by atoms with van der Waals surface area (Å²) in [5.74, 6) is -0.514. The van der Waals surface area contributed by atoms with E-state index in [9.17, 15) is 9.18 Å². The fraction of sp³-hybridized carbons (Fsp3) is 0.211. The third-order valence-corrected chi connectivity index (χ3v) is 5.80. The van der Waals surface area contributed by atoms with E-state index in [1.807, 2.05) is 12.1 Å². The fourth-order valence-corrected chi connectivity index (χ4v) is 4.15. The summed E-state index contributed by atoms with van der Waals surface area (Å²) in [5.41, 5.74) is 2.78. The molecule has 0 spiro atoms. The van der Waals surface area contributed by atoms with Crippen LogP contribution in [0.5, 0.6) is 0 Å². The highest BCUT2D eigenvalue weighted by atomic mass is 32.2. The molecule has 27 heavy (non-hydrogen) atoms. The van der Waals surface area contributed by atoms with E-state index in [2.05, 4.69) is 39.9 Å². The van der Waals surface area contributed by atoms with Crippen molar-refractivity contribution in [3.8, 4) is 0 Å². The van der Waals surface area contributed by atoms with Crippen LogP contribution in [0.3, 0.4) is 0 Å². The predicted octanol–water partition coefficient (Wildman–Crippen LogP) is 5.10. The van der Waals surface area contributed by atoms with Gasteiger partial charge in [-0.15, -0.1) is 10.2 Å². The van der Waals surface area contributed by atoms with Gasteiger partial charge < -0.3 is 10.6 Å². The van der Waals surface area contributed by atoms with Crippen LogP contribution in [0.1, 0.15) is 19.4 Å². The molecule has 0 bridgehead atoms. The molecule has 1 amide bonds. The molecule has 0 fully saturated rings. The maximum absolute atomic E-state index is 12.9. The van der Waals surface area contributed by atoms with Crippen LogP contribution < -0.4 is 10.6 Å². The number of nitrogens with zero attached hydrogens (tertiary/aromatic N) is 2. The molecule has 0 aliphatic rings. The van der Waals surface area contributed by atoms with E-state index in [0.29, 0.717) is 15.2 Å². The van der Waals surface area contributed by atoms with Crippen molar-refractivity contribution < 1.29 is 9.18 Å². The Hall–Kier alpha value is -2.45. The predicted molar refractivity (Wildman–Crippen MR) is 109 cm³/mol. The number of amides is 1. The SMILES string of the molecule is CCc1ccc(Nc2nnc(S[C@H](C)C(=O)Nc3ccc(F)cc3)s2)cc1. The van der Waals surface area contributed by atoms with Gasteiger partial charge in [0, 0.05) is 11.4 Å². The van der Waals surface area contributed by atoms with Crippen LogP contribution in [0.25, 0.3) is 0 Å². The largest absolute Gasteiger partial charge is 0.330 e. The molecule has 0 aliphatic heterocycles. The van der Waals surface area contributed by atoms with Gasteiger partial charge >= 0.3 is 0 Å². The summed E-state index contributed by atoms with van der Waals surface area (Å²) in [6, 6.07) is 13.8. The van der Waals surface area contributed by atoms with Crippen molar-refractivity contribution in [1.29, 1.82) is 0 Å². The van der Waals surface area contributed by atoms with Crippen molar-refractivity contribution in [3.63, 3.8) is 0 Å². The second-order valence-corrected chi connectivity index (χ2v) is 8.37. The molecule has 0 radical (unpaired) electrons. The van der Waals surface area contributed by atoms with Gasteiger partial charge in [-0.3, -0.25) is 4.79 Å².